The van der Waals surface area contributed by atoms with Crippen LogP contribution in [-0.4, -0.2) is 11.7 Å². The molecule has 0 radical (unpaired) electrons. The van der Waals surface area contributed by atoms with Gasteiger partial charge >= 0.3 is 0 Å². The molecule has 0 saturated heterocycles. The summed E-state index contributed by atoms with van der Waals surface area (Å²) in [6.07, 6.45) is -0.529. The van der Waals surface area contributed by atoms with Crippen LogP contribution in [0.1, 0.15) is 24.2 Å². The summed E-state index contributed by atoms with van der Waals surface area (Å²) in [6.45, 7) is 4.29. The molecule has 0 bridgehead atoms. The first-order chi connectivity index (χ1) is 6.57. The van der Waals surface area contributed by atoms with Gasteiger partial charge in [-0.15, -0.1) is 0 Å². The van der Waals surface area contributed by atoms with Crippen molar-refractivity contribution >= 4 is 11.6 Å². The predicted octanol–water partition coefficient (Wildman–Crippen LogP) is 2.28. The van der Waals surface area contributed by atoms with E-state index in [0.717, 1.165) is 11.1 Å². The van der Waals surface area contributed by atoms with E-state index in [1.54, 1.807) is 0 Å². The van der Waals surface area contributed by atoms with Gasteiger partial charge in [0.2, 0.25) is 0 Å². The second-order valence-electron chi connectivity index (χ2n) is 3.61. The van der Waals surface area contributed by atoms with Crippen molar-refractivity contribution in [3.63, 3.8) is 0 Å². The number of hydrogen-bond acceptors (Lipinski definition) is 2. The molecule has 0 amide bonds. The lowest BCUT2D eigenvalue weighted by molar-refractivity contribution is 0.121. The molecule has 2 atom stereocenters. The average Bonchev–Trinajstić information content (AvgIpc) is 2.20. The minimum Gasteiger partial charge on any atom is -0.388 e. The van der Waals surface area contributed by atoms with Crippen LogP contribution in [0.25, 0.3) is 0 Å². The Morgan fingerprint density at radius 2 is 2.14 bits per heavy atom. The first-order valence-electron chi connectivity index (χ1n) is 4.71. The van der Waals surface area contributed by atoms with Gasteiger partial charge in [-0.1, -0.05) is 30.7 Å². The Hall–Kier alpha value is -0.570. The summed E-state index contributed by atoms with van der Waals surface area (Å²) >= 11 is 5.96. The van der Waals surface area contributed by atoms with Crippen LogP contribution in [0, 0.1) is 12.8 Å². The zero-order chi connectivity index (χ0) is 10.7. The van der Waals surface area contributed by atoms with E-state index >= 15 is 0 Å². The summed E-state index contributed by atoms with van der Waals surface area (Å²) in [7, 11) is 0. The predicted molar refractivity (Wildman–Crippen MR) is 59.4 cm³/mol. The van der Waals surface area contributed by atoms with Crippen molar-refractivity contribution in [2.45, 2.75) is 20.0 Å². The van der Waals surface area contributed by atoms with Crippen molar-refractivity contribution in [3.8, 4) is 0 Å². The van der Waals surface area contributed by atoms with Crippen LogP contribution in [0.15, 0.2) is 18.2 Å². The summed E-state index contributed by atoms with van der Waals surface area (Å²) in [5, 5.41) is 10.6. The monoisotopic (exact) mass is 213 g/mol. The number of aliphatic hydroxyl groups excluding tert-OH is 1. The second-order valence-corrected chi connectivity index (χ2v) is 4.02. The second kappa shape index (κ2) is 4.78. The van der Waals surface area contributed by atoms with Gasteiger partial charge in [0.15, 0.2) is 0 Å². The van der Waals surface area contributed by atoms with Crippen LogP contribution in [0.5, 0.6) is 0 Å². The van der Waals surface area contributed by atoms with Crippen LogP contribution in [0.4, 0.5) is 0 Å². The van der Waals surface area contributed by atoms with E-state index in [1.165, 1.54) is 0 Å². The maximum atomic E-state index is 9.96. The molecule has 0 aliphatic carbocycles. The van der Waals surface area contributed by atoms with Crippen molar-refractivity contribution in [1.29, 1.82) is 0 Å². The molecule has 0 heterocycles. The molecule has 0 saturated carbocycles. The van der Waals surface area contributed by atoms with Gasteiger partial charge in [0, 0.05) is 5.02 Å². The number of benzene rings is 1. The topological polar surface area (TPSA) is 46.2 Å². The molecular weight excluding hydrogens is 198 g/mol. The first kappa shape index (κ1) is 11.5. The molecule has 2 unspecified atom stereocenters. The molecule has 3 N–H and O–H groups in total. The number of halogens is 1. The van der Waals surface area contributed by atoms with Crippen LogP contribution in [-0.2, 0) is 0 Å². The van der Waals surface area contributed by atoms with Crippen LogP contribution >= 0.6 is 11.6 Å². The summed E-state index contributed by atoms with van der Waals surface area (Å²) in [6, 6.07) is 5.55. The molecule has 0 aliphatic rings. The van der Waals surface area contributed by atoms with E-state index in [2.05, 4.69) is 0 Å². The number of nitrogens with two attached hydrogens (primary N) is 1. The smallest absolute Gasteiger partial charge is 0.0830 e. The maximum absolute atomic E-state index is 9.96. The minimum absolute atomic E-state index is 0.0483. The molecule has 1 aromatic rings. The van der Waals surface area contributed by atoms with Gasteiger partial charge in [-0.25, -0.2) is 0 Å². The molecule has 0 aliphatic heterocycles. The Labute approximate surface area is 89.7 Å². The summed E-state index contributed by atoms with van der Waals surface area (Å²) < 4.78 is 0. The molecular formula is C11H16ClNO. The third-order valence-electron chi connectivity index (χ3n) is 2.54. The van der Waals surface area contributed by atoms with Gasteiger partial charge in [0.25, 0.3) is 0 Å². The Bertz CT molecular complexity index is 314. The zero-order valence-corrected chi connectivity index (χ0v) is 9.25. The molecule has 0 fully saturated rings. The van der Waals surface area contributed by atoms with Gasteiger partial charge < -0.3 is 10.8 Å². The Balaban J connectivity index is 3.01. The van der Waals surface area contributed by atoms with E-state index in [9.17, 15) is 5.11 Å². The van der Waals surface area contributed by atoms with Crippen molar-refractivity contribution in [3.05, 3.63) is 34.3 Å². The summed E-state index contributed by atoms with van der Waals surface area (Å²) in [4.78, 5) is 0. The van der Waals surface area contributed by atoms with Crippen molar-refractivity contribution < 1.29 is 5.11 Å². The highest BCUT2D eigenvalue weighted by molar-refractivity contribution is 6.31. The number of aliphatic hydroxyl groups is 1. The van der Waals surface area contributed by atoms with Crippen LogP contribution in [0.3, 0.4) is 0 Å². The van der Waals surface area contributed by atoms with E-state index < -0.39 is 6.10 Å². The number of hydrogen-bond donors (Lipinski definition) is 2. The van der Waals surface area contributed by atoms with E-state index in [4.69, 9.17) is 17.3 Å². The summed E-state index contributed by atoms with van der Waals surface area (Å²) in [5.74, 6) is 0.0483. The molecule has 1 aromatic carbocycles. The largest absolute Gasteiger partial charge is 0.388 e. The normalized spacial score (nSPS) is 15.2. The fourth-order valence-electron chi connectivity index (χ4n) is 1.38. The van der Waals surface area contributed by atoms with Gasteiger partial charge in [0.1, 0.15) is 0 Å². The highest BCUT2D eigenvalue weighted by Gasteiger charge is 2.17. The van der Waals surface area contributed by atoms with E-state index in [0.29, 0.717) is 11.6 Å². The molecule has 3 heteroatoms. The highest BCUT2D eigenvalue weighted by Crippen LogP contribution is 2.28. The lowest BCUT2D eigenvalue weighted by Gasteiger charge is -2.19. The molecule has 78 valence electrons. The lowest BCUT2D eigenvalue weighted by Crippen LogP contribution is -2.19. The standard InChI is InChI=1S/C11H16ClNO/c1-7(6-13)11(14)9-4-3-5-10(12)8(9)2/h3-5,7,11,14H,6,13H2,1-2H3. The Morgan fingerprint density at radius 1 is 1.50 bits per heavy atom. The molecule has 1 rings (SSSR count). The van der Waals surface area contributed by atoms with Crippen molar-refractivity contribution in [2.24, 2.45) is 11.7 Å². The SMILES string of the molecule is Cc1c(Cl)cccc1C(O)C(C)CN. The van der Waals surface area contributed by atoms with Gasteiger partial charge in [-0.3, -0.25) is 0 Å². The fraction of sp³-hybridized carbons (Fsp3) is 0.455. The van der Waals surface area contributed by atoms with E-state index in [1.807, 2.05) is 32.0 Å². The van der Waals surface area contributed by atoms with Crippen LogP contribution < -0.4 is 5.73 Å². The molecule has 14 heavy (non-hydrogen) atoms. The first-order valence-corrected chi connectivity index (χ1v) is 5.09. The Kier molecular flexibility index (Phi) is 3.93. The molecule has 2 nitrogen and oxygen atoms in total. The lowest BCUT2D eigenvalue weighted by atomic mass is 9.94. The third-order valence-corrected chi connectivity index (χ3v) is 2.95. The quantitative estimate of drug-likeness (QED) is 0.809. The highest BCUT2D eigenvalue weighted by atomic mass is 35.5. The minimum atomic E-state index is -0.529. The molecule has 0 spiro atoms. The zero-order valence-electron chi connectivity index (χ0n) is 8.50. The van der Waals surface area contributed by atoms with E-state index in [-0.39, 0.29) is 5.92 Å². The summed E-state index contributed by atoms with van der Waals surface area (Å²) in [5.41, 5.74) is 7.31. The van der Waals surface area contributed by atoms with Gasteiger partial charge in [0.05, 0.1) is 6.10 Å². The maximum Gasteiger partial charge on any atom is 0.0830 e. The van der Waals surface area contributed by atoms with Crippen molar-refractivity contribution in [1.82, 2.24) is 0 Å². The van der Waals surface area contributed by atoms with Crippen molar-refractivity contribution in [2.75, 3.05) is 6.54 Å². The Morgan fingerprint density at radius 3 is 2.71 bits per heavy atom. The average molecular weight is 214 g/mol. The fourth-order valence-corrected chi connectivity index (χ4v) is 1.56. The molecule has 0 aromatic heterocycles. The number of rotatable bonds is 3. The van der Waals surface area contributed by atoms with Gasteiger partial charge in [-0.2, -0.15) is 0 Å². The van der Waals surface area contributed by atoms with Gasteiger partial charge in [-0.05, 0) is 36.6 Å². The third kappa shape index (κ3) is 2.27. The van der Waals surface area contributed by atoms with Crippen LogP contribution in [0.2, 0.25) is 5.02 Å².